The van der Waals surface area contributed by atoms with E-state index in [0.717, 1.165) is 33.7 Å². The van der Waals surface area contributed by atoms with Crippen molar-refractivity contribution in [1.82, 2.24) is 5.32 Å². The molecule has 21 heavy (non-hydrogen) atoms. The summed E-state index contributed by atoms with van der Waals surface area (Å²) in [6, 6.07) is 9.50. The molecule has 0 radical (unpaired) electrons. The van der Waals surface area contributed by atoms with Crippen LogP contribution in [-0.2, 0) is 0 Å². The minimum atomic E-state index is -0.551. The van der Waals surface area contributed by atoms with Crippen LogP contribution in [0.4, 0.5) is 8.78 Å². The van der Waals surface area contributed by atoms with Gasteiger partial charge in [0.1, 0.15) is 11.6 Å². The summed E-state index contributed by atoms with van der Waals surface area (Å²) in [5.74, 6) is -1.06. The normalized spacial score (nSPS) is 12.4. The zero-order valence-corrected chi connectivity index (χ0v) is 14.2. The smallest absolute Gasteiger partial charge is 0.131 e. The molecule has 0 aliphatic heterocycles. The first-order valence-electron chi connectivity index (χ1n) is 6.98. The Kier molecular flexibility index (Phi) is 5.70. The van der Waals surface area contributed by atoms with E-state index >= 15 is 0 Å². The Morgan fingerprint density at radius 1 is 1.14 bits per heavy atom. The van der Waals surface area contributed by atoms with Crippen LogP contribution in [0.2, 0.25) is 0 Å². The van der Waals surface area contributed by atoms with Gasteiger partial charge in [-0.2, -0.15) is 0 Å². The minimum absolute atomic E-state index is 0.266. The molecule has 0 aromatic heterocycles. The largest absolute Gasteiger partial charge is 0.306 e. The first-order valence-corrected chi connectivity index (χ1v) is 8.05. The van der Waals surface area contributed by atoms with E-state index in [2.05, 4.69) is 34.8 Å². The van der Waals surface area contributed by atoms with E-state index in [1.54, 1.807) is 0 Å². The lowest BCUT2D eigenvalue weighted by Crippen LogP contribution is -2.25. The molecule has 0 spiro atoms. The zero-order chi connectivity index (χ0) is 15.4. The fraction of sp³-hybridized carbons (Fsp3) is 0.294. The molecule has 0 fully saturated rings. The molecule has 0 heterocycles. The van der Waals surface area contributed by atoms with E-state index in [1.807, 2.05) is 25.1 Å². The van der Waals surface area contributed by atoms with Crippen LogP contribution in [0, 0.1) is 22.1 Å². The molecule has 0 amide bonds. The molecule has 112 valence electrons. The molecule has 2 aromatic rings. The molecule has 2 rings (SSSR count). The highest BCUT2D eigenvalue weighted by Gasteiger charge is 2.20. The number of benzene rings is 2. The van der Waals surface area contributed by atoms with Crippen molar-refractivity contribution < 1.29 is 8.78 Å². The Bertz CT molecular complexity index is 628. The Labute approximate surface area is 137 Å². The maximum absolute atomic E-state index is 14.2. The fourth-order valence-electron chi connectivity index (χ4n) is 2.30. The van der Waals surface area contributed by atoms with Crippen LogP contribution in [0.3, 0.4) is 0 Å². The molecular weight excluding hydrogens is 383 g/mol. The second kappa shape index (κ2) is 7.31. The zero-order valence-electron chi connectivity index (χ0n) is 12.1. The van der Waals surface area contributed by atoms with Crippen molar-refractivity contribution >= 4 is 22.6 Å². The third kappa shape index (κ3) is 3.80. The molecule has 0 aliphatic carbocycles. The monoisotopic (exact) mass is 401 g/mol. The summed E-state index contributed by atoms with van der Waals surface area (Å²) < 4.78 is 28.4. The molecule has 1 N–H and O–H groups in total. The van der Waals surface area contributed by atoms with Crippen LogP contribution in [0.1, 0.15) is 36.1 Å². The summed E-state index contributed by atoms with van der Waals surface area (Å²) in [5.41, 5.74) is 2.65. The van der Waals surface area contributed by atoms with Gasteiger partial charge in [0.15, 0.2) is 0 Å². The van der Waals surface area contributed by atoms with E-state index in [0.29, 0.717) is 5.56 Å². The Morgan fingerprint density at radius 3 is 2.57 bits per heavy atom. The lowest BCUT2D eigenvalue weighted by Gasteiger charge is -2.22. The highest BCUT2D eigenvalue weighted by Crippen LogP contribution is 2.30. The van der Waals surface area contributed by atoms with Gasteiger partial charge in [0.2, 0.25) is 0 Å². The van der Waals surface area contributed by atoms with Gasteiger partial charge in [-0.3, -0.25) is 0 Å². The van der Waals surface area contributed by atoms with Crippen LogP contribution < -0.4 is 5.32 Å². The van der Waals surface area contributed by atoms with Gasteiger partial charge in [0.05, 0.1) is 6.04 Å². The molecule has 1 unspecified atom stereocenters. The van der Waals surface area contributed by atoms with E-state index in [4.69, 9.17) is 0 Å². The number of nitrogens with one attached hydrogen (secondary N) is 1. The summed E-state index contributed by atoms with van der Waals surface area (Å²) in [4.78, 5) is 0. The average Bonchev–Trinajstić information content (AvgIpc) is 2.45. The van der Waals surface area contributed by atoms with Gasteiger partial charge in [-0.05, 0) is 59.7 Å². The van der Waals surface area contributed by atoms with Gasteiger partial charge in [0, 0.05) is 15.2 Å². The first kappa shape index (κ1) is 16.4. The third-order valence-corrected chi connectivity index (χ3v) is 4.88. The molecule has 0 saturated heterocycles. The van der Waals surface area contributed by atoms with Gasteiger partial charge in [-0.15, -0.1) is 0 Å². The van der Waals surface area contributed by atoms with Gasteiger partial charge in [-0.25, -0.2) is 8.78 Å². The van der Waals surface area contributed by atoms with Crippen LogP contribution in [0.25, 0.3) is 0 Å². The topological polar surface area (TPSA) is 12.0 Å². The summed E-state index contributed by atoms with van der Waals surface area (Å²) in [6.07, 6.45) is 0.946. The molecule has 1 nitrogen and oxygen atoms in total. The highest BCUT2D eigenvalue weighted by atomic mass is 127. The van der Waals surface area contributed by atoms with Crippen molar-refractivity contribution in [3.05, 3.63) is 68.3 Å². The second-order valence-corrected chi connectivity index (χ2v) is 6.11. The third-order valence-electron chi connectivity index (χ3n) is 3.40. The Morgan fingerprint density at radius 2 is 1.90 bits per heavy atom. The van der Waals surface area contributed by atoms with E-state index < -0.39 is 11.6 Å². The number of aryl methyl sites for hydroxylation is 1. The van der Waals surface area contributed by atoms with Crippen molar-refractivity contribution in [3.8, 4) is 0 Å². The number of halogens is 3. The molecule has 0 aliphatic rings. The van der Waals surface area contributed by atoms with Gasteiger partial charge in [0.25, 0.3) is 0 Å². The highest BCUT2D eigenvalue weighted by molar-refractivity contribution is 14.1. The van der Waals surface area contributed by atoms with Crippen LogP contribution in [0.5, 0.6) is 0 Å². The maximum atomic E-state index is 14.2. The number of rotatable bonds is 5. The van der Waals surface area contributed by atoms with Gasteiger partial charge in [-0.1, -0.05) is 31.2 Å². The van der Waals surface area contributed by atoms with E-state index in [1.165, 1.54) is 12.1 Å². The average molecular weight is 401 g/mol. The molecule has 4 heteroatoms. The predicted molar refractivity (Wildman–Crippen MR) is 90.4 cm³/mol. The molecule has 0 bridgehead atoms. The van der Waals surface area contributed by atoms with Crippen LogP contribution in [0.15, 0.2) is 36.4 Å². The number of hydrogen-bond donors (Lipinski definition) is 1. The van der Waals surface area contributed by atoms with Gasteiger partial charge < -0.3 is 5.32 Å². The van der Waals surface area contributed by atoms with Crippen molar-refractivity contribution in [2.24, 2.45) is 0 Å². The molecule has 0 saturated carbocycles. The fourth-order valence-corrected chi connectivity index (χ4v) is 2.98. The van der Waals surface area contributed by atoms with E-state index in [9.17, 15) is 8.78 Å². The quantitative estimate of drug-likeness (QED) is 0.698. The minimum Gasteiger partial charge on any atom is -0.306 e. The Hall–Kier alpha value is -1.01. The van der Waals surface area contributed by atoms with Crippen molar-refractivity contribution in [2.75, 3.05) is 6.54 Å². The SMILES string of the molecule is CCCNC(c1ccc(F)cc1F)c1cccc(C)c1I. The van der Waals surface area contributed by atoms with Gasteiger partial charge >= 0.3 is 0 Å². The van der Waals surface area contributed by atoms with Crippen molar-refractivity contribution in [1.29, 1.82) is 0 Å². The summed E-state index contributed by atoms with van der Waals surface area (Å²) in [7, 11) is 0. The predicted octanol–water partition coefficient (Wildman–Crippen LogP) is 4.97. The molecule has 2 aromatic carbocycles. The lowest BCUT2D eigenvalue weighted by atomic mass is 9.96. The standard InChI is InChI=1S/C17H18F2IN/c1-3-9-21-17(13-8-7-12(18)10-15(13)19)14-6-4-5-11(2)16(14)20/h4-8,10,17,21H,3,9H2,1-2H3. The molecule has 1 atom stereocenters. The Balaban J connectivity index is 2.49. The van der Waals surface area contributed by atoms with Crippen LogP contribution in [-0.4, -0.2) is 6.54 Å². The maximum Gasteiger partial charge on any atom is 0.131 e. The van der Waals surface area contributed by atoms with E-state index in [-0.39, 0.29) is 6.04 Å². The lowest BCUT2D eigenvalue weighted by molar-refractivity contribution is 0.532. The summed E-state index contributed by atoms with van der Waals surface area (Å²) in [5, 5.41) is 3.36. The summed E-state index contributed by atoms with van der Waals surface area (Å²) in [6.45, 7) is 4.86. The van der Waals surface area contributed by atoms with Crippen molar-refractivity contribution in [3.63, 3.8) is 0 Å². The second-order valence-electron chi connectivity index (χ2n) is 5.03. The summed E-state index contributed by atoms with van der Waals surface area (Å²) >= 11 is 2.28. The van der Waals surface area contributed by atoms with Crippen molar-refractivity contribution in [2.45, 2.75) is 26.3 Å². The number of hydrogen-bond acceptors (Lipinski definition) is 1. The first-order chi connectivity index (χ1) is 10.0. The molecular formula is C17H18F2IN. The van der Waals surface area contributed by atoms with Crippen LogP contribution >= 0.6 is 22.6 Å².